The van der Waals surface area contributed by atoms with Gasteiger partial charge >= 0.3 is 0 Å². The monoisotopic (exact) mass is 392 g/mol. The number of nitrogen functional groups attached to an aromatic ring is 1. The lowest BCUT2D eigenvalue weighted by atomic mass is 9.83. The highest BCUT2D eigenvalue weighted by Crippen LogP contribution is 2.37. The number of anilines is 2. The third kappa shape index (κ3) is 4.04. The largest absolute Gasteiger partial charge is 0.399 e. The second-order valence-electron chi connectivity index (χ2n) is 7.49. The predicted octanol–water partition coefficient (Wildman–Crippen LogP) is 4.11. The Hall–Kier alpha value is -2.79. The van der Waals surface area contributed by atoms with E-state index in [9.17, 15) is 8.42 Å². The van der Waals surface area contributed by atoms with E-state index in [4.69, 9.17) is 5.73 Å². The molecule has 0 fully saturated rings. The minimum Gasteiger partial charge on any atom is -0.399 e. The highest BCUT2D eigenvalue weighted by molar-refractivity contribution is 7.92. The molecule has 1 atom stereocenters. The zero-order chi connectivity index (χ0) is 19.7. The Labute approximate surface area is 166 Å². The standard InChI is InChI=1S/C23H24N2O2S/c1-28(26,27)25-20-7-4-5-16(13-20)14-23-21-8-3-2-6-17(21)9-10-18-15-19(24)11-12-22(18)23/h2-8,11-13,15,23,25H,9-10,14,24H2,1H3. The lowest BCUT2D eigenvalue weighted by Gasteiger charge is -2.21. The fourth-order valence-corrected chi connectivity index (χ4v) is 4.71. The van der Waals surface area contributed by atoms with Crippen LogP contribution in [-0.4, -0.2) is 14.7 Å². The van der Waals surface area contributed by atoms with Crippen LogP contribution >= 0.6 is 0 Å². The van der Waals surface area contributed by atoms with E-state index in [1.165, 1.54) is 28.5 Å². The van der Waals surface area contributed by atoms with Crippen molar-refractivity contribution in [3.63, 3.8) is 0 Å². The molecule has 0 heterocycles. The molecule has 0 saturated carbocycles. The molecule has 0 spiro atoms. The van der Waals surface area contributed by atoms with Crippen molar-refractivity contribution < 1.29 is 8.42 Å². The molecule has 0 aliphatic heterocycles. The van der Waals surface area contributed by atoms with Gasteiger partial charge < -0.3 is 5.73 Å². The number of nitrogens with one attached hydrogen (secondary N) is 1. The molecular weight excluding hydrogens is 368 g/mol. The minimum absolute atomic E-state index is 0.211. The van der Waals surface area contributed by atoms with Gasteiger partial charge in [0.25, 0.3) is 0 Å². The van der Waals surface area contributed by atoms with Crippen molar-refractivity contribution in [2.75, 3.05) is 16.7 Å². The zero-order valence-corrected chi connectivity index (χ0v) is 16.7. The summed E-state index contributed by atoms with van der Waals surface area (Å²) < 4.78 is 25.7. The number of hydrogen-bond acceptors (Lipinski definition) is 3. The number of rotatable bonds is 4. The van der Waals surface area contributed by atoms with Gasteiger partial charge in [0.1, 0.15) is 0 Å². The van der Waals surface area contributed by atoms with E-state index in [1.54, 1.807) is 6.07 Å². The van der Waals surface area contributed by atoms with Crippen LogP contribution in [0.4, 0.5) is 11.4 Å². The first-order valence-corrected chi connectivity index (χ1v) is 11.3. The maximum Gasteiger partial charge on any atom is 0.229 e. The fourth-order valence-electron chi connectivity index (χ4n) is 4.15. The van der Waals surface area contributed by atoms with Gasteiger partial charge in [0.05, 0.1) is 6.26 Å². The topological polar surface area (TPSA) is 72.2 Å². The molecule has 3 aromatic carbocycles. The Morgan fingerprint density at radius 1 is 0.929 bits per heavy atom. The summed E-state index contributed by atoms with van der Waals surface area (Å²) in [5.74, 6) is 0.211. The van der Waals surface area contributed by atoms with Crippen LogP contribution in [-0.2, 0) is 29.3 Å². The number of aryl methyl sites for hydroxylation is 2. The van der Waals surface area contributed by atoms with Crippen LogP contribution in [0.3, 0.4) is 0 Å². The number of benzene rings is 3. The molecule has 144 valence electrons. The average Bonchev–Trinajstić information content (AvgIpc) is 2.78. The van der Waals surface area contributed by atoms with Crippen molar-refractivity contribution in [3.8, 4) is 0 Å². The lowest BCUT2D eigenvalue weighted by molar-refractivity contribution is 0.607. The normalized spacial score (nSPS) is 16.0. The van der Waals surface area contributed by atoms with Crippen molar-refractivity contribution in [3.05, 3.63) is 94.5 Å². The van der Waals surface area contributed by atoms with Crippen LogP contribution in [0.2, 0.25) is 0 Å². The van der Waals surface area contributed by atoms with Crippen molar-refractivity contribution >= 4 is 21.4 Å². The molecule has 5 heteroatoms. The highest BCUT2D eigenvalue weighted by Gasteiger charge is 2.24. The molecule has 4 nitrogen and oxygen atoms in total. The van der Waals surface area contributed by atoms with Crippen molar-refractivity contribution in [2.24, 2.45) is 0 Å². The molecule has 1 unspecified atom stereocenters. The summed E-state index contributed by atoms with van der Waals surface area (Å²) in [6.07, 6.45) is 3.94. The second-order valence-corrected chi connectivity index (χ2v) is 9.24. The third-order valence-electron chi connectivity index (χ3n) is 5.31. The molecule has 3 N–H and O–H groups in total. The summed E-state index contributed by atoms with van der Waals surface area (Å²) in [6, 6.07) is 22.5. The Kier molecular flexibility index (Phi) is 4.85. The predicted molar refractivity (Wildman–Crippen MR) is 115 cm³/mol. The molecule has 0 bridgehead atoms. The SMILES string of the molecule is CS(=O)(=O)Nc1cccc(CC2c3ccccc3CCc3cc(N)ccc32)c1. The average molecular weight is 393 g/mol. The highest BCUT2D eigenvalue weighted by atomic mass is 32.2. The van der Waals surface area contributed by atoms with Crippen molar-refractivity contribution in [1.82, 2.24) is 0 Å². The van der Waals surface area contributed by atoms with E-state index in [1.807, 2.05) is 18.2 Å². The lowest BCUT2D eigenvalue weighted by Crippen LogP contribution is -2.11. The Morgan fingerprint density at radius 3 is 2.50 bits per heavy atom. The second kappa shape index (κ2) is 7.32. The summed E-state index contributed by atoms with van der Waals surface area (Å²) in [7, 11) is -3.30. The van der Waals surface area contributed by atoms with E-state index in [0.717, 1.165) is 30.5 Å². The smallest absolute Gasteiger partial charge is 0.229 e. The van der Waals surface area contributed by atoms with Gasteiger partial charge in [0.2, 0.25) is 10.0 Å². The molecular formula is C23H24N2O2S. The van der Waals surface area contributed by atoms with Gasteiger partial charge in [-0.1, -0.05) is 42.5 Å². The van der Waals surface area contributed by atoms with Gasteiger partial charge in [-0.25, -0.2) is 8.42 Å². The van der Waals surface area contributed by atoms with Crippen LogP contribution in [0.15, 0.2) is 66.7 Å². The summed E-state index contributed by atoms with van der Waals surface area (Å²) in [4.78, 5) is 0. The van der Waals surface area contributed by atoms with E-state index < -0.39 is 10.0 Å². The molecule has 1 aliphatic carbocycles. The Balaban J connectivity index is 1.76. The molecule has 0 saturated heterocycles. The maximum absolute atomic E-state index is 11.6. The number of fused-ring (bicyclic) bond motifs is 2. The molecule has 1 aliphatic rings. The first kappa shape index (κ1) is 18.6. The summed E-state index contributed by atoms with van der Waals surface area (Å²) in [5, 5.41) is 0. The molecule has 4 rings (SSSR count). The Bertz CT molecular complexity index is 1120. The third-order valence-corrected chi connectivity index (χ3v) is 5.91. The first-order valence-electron chi connectivity index (χ1n) is 9.42. The van der Waals surface area contributed by atoms with Crippen LogP contribution in [0, 0.1) is 0 Å². The molecule has 0 aromatic heterocycles. The Morgan fingerprint density at radius 2 is 1.68 bits per heavy atom. The van der Waals surface area contributed by atoms with Gasteiger partial charge in [0, 0.05) is 17.3 Å². The van der Waals surface area contributed by atoms with E-state index in [0.29, 0.717) is 5.69 Å². The van der Waals surface area contributed by atoms with E-state index in [-0.39, 0.29) is 5.92 Å². The zero-order valence-electron chi connectivity index (χ0n) is 15.9. The number of hydrogen-bond donors (Lipinski definition) is 2. The minimum atomic E-state index is -3.30. The molecule has 0 radical (unpaired) electrons. The van der Waals surface area contributed by atoms with Crippen LogP contribution in [0.5, 0.6) is 0 Å². The van der Waals surface area contributed by atoms with Gasteiger partial charge in [-0.2, -0.15) is 0 Å². The first-order chi connectivity index (χ1) is 13.4. The van der Waals surface area contributed by atoms with Gasteiger partial charge in [-0.3, -0.25) is 4.72 Å². The number of nitrogens with two attached hydrogens (primary N) is 1. The quantitative estimate of drug-likeness (QED) is 0.656. The van der Waals surface area contributed by atoms with Gasteiger partial charge in [0.15, 0.2) is 0 Å². The van der Waals surface area contributed by atoms with E-state index >= 15 is 0 Å². The molecule has 3 aromatic rings. The number of sulfonamides is 1. The van der Waals surface area contributed by atoms with Crippen molar-refractivity contribution in [1.29, 1.82) is 0 Å². The maximum atomic E-state index is 11.6. The van der Waals surface area contributed by atoms with Crippen molar-refractivity contribution in [2.45, 2.75) is 25.2 Å². The molecule has 0 amide bonds. The van der Waals surface area contributed by atoms with E-state index in [2.05, 4.69) is 47.2 Å². The van der Waals surface area contributed by atoms with Gasteiger partial charge in [-0.15, -0.1) is 0 Å². The summed E-state index contributed by atoms with van der Waals surface area (Å²) >= 11 is 0. The van der Waals surface area contributed by atoms with Crippen LogP contribution in [0.25, 0.3) is 0 Å². The summed E-state index contributed by atoms with van der Waals surface area (Å²) in [5.41, 5.74) is 13.8. The fraction of sp³-hybridized carbons (Fsp3) is 0.217. The van der Waals surface area contributed by atoms with Gasteiger partial charge in [-0.05, 0) is 71.3 Å². The molecule has 28 heavy (non-hydrogen) atoms. The van der Waals surface area contributed by atoms with Crippen LogP contribution in [0.1, 0.15) is 33.7 Å². The summed E-state index contributed by atoms with van der Waals surface area (Å²) in [6.45, 7) is 0. The van der Waals surface area contributed by atoms with Crippen LogP contribution < -0.4 is 10.5 Å².